The van der Waals surface area contributed by atoms with Gasteiger partial charge in [-0.25, -0.2) is 9.97 Å². The minimum absolute atomic E-state index is 0.755. The molecule has 0 N–H and O–H groups in total. The van der Waals surface area contributed by atoms with Gasteiger partial charge in [-0.1, -0.05) is 0 Å². The zero-order valence-electron chi connectivity index (χ0n) is 6.25. The summed E-state index contributed by atoms with van der Waals surface area (Å²) in [6, 6.07) is 0. The van der Waals surface area contributed by atoms with Crippen molar-refractivity contribution in [1.82, 2.24) is 14.4 Å². The minimum atomic E-state index is 0.755. The SMILES string of the molecule is Cc1cn2cc(Br)nc(Br)c2n1. The summed E-state index contributed by atoms with van der Waals surface area (Å²) in [4.78, 5) is 8.45. The number of rotatable bonds is 0. The summed E-state index contributed by atoms with van der Waals surface area (Å²) < 4.78 is 3.47. The van der Waals surface area contributed by atoms with Gasteiger partial charge in [0.15, 0.2) is 10.3 Å². The van der Waals surface area contributed by atoms with Gasteiger partial charge in [0.2, 0.25) is 0 Å². The van der Waals surface area contributed by atoms with E-state index in [0.717, 1.165) is 20.5 Å². The first-order valence-electron chi connectivity index (χ1n) is 3.34. The minimum Gasteiger partial charge on any atom is -0.302 e. The fourth-order valence-electron chi connectivity index (χ4n) is 1.05. The van der Waals surface area contributed by atoms with Gasteiger partial charge in [0, 0.05) is 12.4 Å². The van der Waals surface area contributed by atoms with Gasteiger partial charge in [-0.05, 0) is 38.8 Å². The van der Waals surface area contributed by atoms with E-state index in [4.69, 9.17) is 0 Å². The average molecular weight is 291 g/mol. The van der Waals surface area contributed by atoms with Crippen LogP contribution in [0.25, 0.3) is 5.65 Å². The van der Waals surface area contributed by atoms with Gasteiger partial charge < -0.3 is 4.40 Å². The molecule has 2 aromatic heterocycles. The van der Waals surface area contributed by atoms with Crippen molar-refractivity contribution in [1.29, 1.82) is 0 Å². The van der Waals surface area contributed by atoms with E-state index in [-0.39, 0.29) is 0 Å². The summed E-state index contributed by atoms with van der Waals surface area (Å²) in [5, 5.41) is 0. The molecule has 0 aromatic carbocycles. The van der Waals surface area contributed by atoms with Crippen molar-refractivity contribution in [3.63, 3.8) is 0 Å². The molecule has 3 nitrogen and oxygen atoms in total. The van der Waals surface area contributed by atoms with E-state index >= 15 is 0 Å². The first-order valence-corrected chi connectivity index (χ1v) is 4.93. The highest BCUT2D eigenvalue weighted by Gasteiger charge is 2.04. The van der Waals surface area contributed by atoms with Crippen molar-refractivity contribution in [2.24, 2.45) is 0 Å². The quantitative estimate of drug-likeness (QED) is 0.746. The van der Waals surface area contributed by atoms with Crippen LogP contribution in [-0.2, 0) is 0 Å². The summed E-state index contributed by atoms with van der Waals surface area (Å²) in [6.07, 6.45) is 3.83. The first kappa shape index (κ1) is 8.19. The van der Waals surface area contributed by atoms with Crippen molar-refractivity contribution in [2.45, 2.75) is 6.92 Å². The van der Waals surface area contributed by atoms with Crippen molar-refractivity contribution >= 4 is 37.5 Å². The second-order valence-electron chi connectivity index (χ2n) is 2.47. The van der Waals surface area contributed by atoms with Crippen LogP contribution in [0, 0.1) is 6.92 Å². The lowest BCUT2D eigenvalue weighted by Gasteiger charge is -1.95. The topological polar surface area (TPSA) is 30.2 Å². The van der Waals surface area contributed by atoms with E-state index in [9.17, 15) is 0 Å². The Morgan fingerprint density at radius 3 is 2.75 bits per heavy atom. The normalized spacial score (nSPS) is 10.9. The molecular formula is C7H5Br2N3. The molecule has 0 fully saturated rings. The fraction of sp³-hybridized carbons (Fsp3) is 0.143. The number of halogens is 2. The zero-order chi connectivity index (χ0) is 8.72. The van der Waals surface area contributed by atoms with Gasteiger partial charge in [0.25, 0.3) is 0 Å². The maximum atomic E-state index is 4.29. The molecule has 0 aliphatic heterocycles. The number of aryl methyl sites for hydroxylation is 1. The molecule has 0 saturated carbocycles. The van der Waals surface area contributed by atoms with Crippen molar-refractivity contribution in [3.05, 3.63) is 27.3 Å². The van der Waals surface area contributed by atoms with Crippen LogP contribution in [0.3, 0.4) is 0 Å². The highest BCUT2D eigenvalue weighted by atomic mass is 79.9. The van der Waals surface area contributed by atoms with Gasteiger partial charge in [-0.3, -0.25) is 0 Å². The van der Waals surface area contributed by atoms with Crippen LogP contribution >= 0.6 is 31.9 Å². The van der Waals surface area contributed by atoms with Crippen LogP contribution in [0.15, 0.2) is 21.6 Å². The van der Waals surface area contributed by atoms with Crippen molar-refractivity contribution < 1.29 is 0 Å². The third kappa shape index (κ3) is 1.27. The molecule has 62 valence electrons. The number of hydrogen-bond acceptors (Lipinski definition) is 2. The van der Waals surface area contributed by atoms with Crippen LogP contribution in [0.2, 0.25) is 0 Å². The number of nitrogens with zero attached hydrogens (tertiary/aromatic N) is 3. The molecule has 0 bridgehead atoms. The van der Waals surface area contributed by atoms with Gasteiger partial charge in [-0.2, -0.15) is 0 Å². The molecule has 0 radical (unpaired) electrons. The molecule has 0 saturated heterocycles. The fourth-order valence-corrected chi connectivity index (χ4v) is 2.17. The molecule has 0 spiro atoms. The van der Waals surface area contributed by atoms with Gasteiger partial charge in [0.1, 0.15) is 4.60 Å². The van der Waals surface area contributed by atoms with E-state index in [2.05, 4.69) is 41.8 Å². The Hall–Kier alpha value is -0.420. The van der Waals surface area contributed by atoms with Gasteiger partial charge in [0.05, 0.1) is 5.69 Å². The summed E-state index contributed by atoms with van der Waals surface area (Å²) >= 11 is 6.64. The Labute approximate surface area is 86.1 Å². The van der Waals surface area contributed by atoms with Crippen LogP contribution in [0.1, 0.15) is 5.69 Å². The second kappa shape index (κ2) is 2.81. The Morgan fingerprint density at radius 1 is 1.25 bits per heavy atom. The maximum absolute atomic E-state index is 4.29. The molecular weight excluding hydrogens is 286 g/mol. The van der Waals surface area contributed by atoms with Crippen LogP contribution in [-0.4, -0.2) is 14.4 Å². The lowest BCUT2D eigenvalue weighted by atomic mass is 10.6. The Bertz CT molecular complexity index is 435. The molecule has 0 atom stereocenters. The number of imidazole rings is 1. The molecule has 2 aromatic rings. The van der Waals surface area contributed by atoms with Crippen LogP contribution in [0.5, 0.6) is 0 Å². The third-order valence-corrected chi connectivity index (χ3v) is 2.40. The van der Waals surface area contributed by atoms with Crippen LogP contribution in [0.4, 0.5) is 0 Å². The van der Waals surface area contributed by atoms with E-state index in [1.165, 1.54) is 0 Å². The second-order valence-corrected chi connectivity index (χ2v) is 4.03. The van der Waals surface area contributed by atoms with E-state index < -0.39 is 0 Å². The summed E-state index contributed by atoms with van der Waals surface area (Å²) in [5.41, 5.74) is 1.83. The lowest BCUT2D eigenvalue weighted by Crippen LogP contribution is -1.88. The number of hydrogen-bond donors (Lipinski definition) is 0. The Balaban J connectivity index is 2.88. The monoisotopic (exact) mass is 289 g/mol. The number of aromatic nitrogens is 3. The largest absolute Gasteiger partial charge is 0.302 e. The molecule has 12 heavy (non-hydrogen) atoms. The molecule has 0 aliphatic rings. The van der Waals surface area contributed by atoms with Crippen molar-refractivity contribution in [3.8, 4) is 0 Å². The molecule has 2 rings (SSSR count). The van der Waals surface area contributed by atoms with Gasteiger partial charge >= 0.3 is 0 Å². The molecule has 5 heteroatoms. The van der Waals surface area contributed by atoms with E-state index in [0.29, 0.717) is 0 Å². The smallest absolute Gasteiger partial charge is 0.170 e. The molecule has 0 unspecified atom stereocenters. The molecule has 0 aliphatic carbocycles. The summed E-state index contributed by atoms with van der Waals surface area (Å²) in [5.74, 6) is 0. The first-order chi connectivity index (χ1) is 5.66. The maximum Gasteiger partial charge on any atom is 0.170 e. The molecule has 2 heterocycles. The Morgan fingerprint density at radius 2 is 2.00 bits per heavy atom. The standard InChI is InChI=1S/C7H5Br2N3/c1-4-2-12-3-5(8)11-6(9)7(12)10-4/h2-3H,1H3. The third-order valence-electron chi connectivity index (χ3n) is 1.49. The van der Waals surface area contributed by atoms with Crippen molar-refractivity contribution in [2.75, 3.05) is 0 Å². The molecule has 0 amide bonds. The Kier molecular flexibility index (Phi) is 1.92. The predicted molar refractivity (Wildman–Crippen MR) is 53.1 cm³/mol. The number of fused-ring (bicyclic) bond motifs is 1. The van der Waals surface area contributed by atoms with E-state index in [1.54, 1.807) is 0 Å². The zero-order valence-corrected chi connectivity index (χ0v) is 9.42. The summed E-state index contributed by atoms with van der Waals surface area (Å²) in [6.45, 7) is 1.95. The highest BCUT2D eigenvalue weighted by Crippen LogP contribution is 2.18. The van der Waals surface area contributed by atoms with Crippen LogP contribution < -0.4 is 0 Å². The van der Waals surface area contributed by atoms with E-state index in [1.807, 2.05) is 23.7 Å². The lowest BCUT2D eigenvalue weighted by molar-refractivity contribution is 1.08. The van der Waals surface area contributed by atoms with Gasteiger partial charge in [-0.15, -0.1) is 0 Å². The predicted octanol–water partition coefficient (Wildman–Crippen LogP) is 2.56. The highest BCUT2D eigenvalue weighted by molar-refractivity contribution is 9.11. The summed E-state index contributed by atoms with van der Waals surface area (Å²) in [7, 11) is 0. The average Bonchev–Trinajstić information content (AvgIpc) is 2.29.